The number of benzene rings is 2. The van der Waals surface area contributed by atoms with E-state index in [4.69, 9.17) is 11.6 Å². The van der Waals surface area contributed by atoms with Crippen LogP contribution in [0.3, 0.4) is 0 Å². The fourth-order valence-corrected chi connectivity index (χ4v) is 3.59. The van der Waals surface area contributed by atoms with Crippen LogP contribution in [0.15, 0.2) is 48.5 Å². The van der Waals surface area contributed by atoms with Gasteiger partial charge in [0.2, 0.25) is 5.91 Å². The minimum atomic E-state index is -0.438. The lowest BCUT2D eigenvalue weighted by atomic mass is 9.90. The molecule has 0 atom stereocenters. The lowest BCUT2D eigenvalue weighted by Crippen LogP contribution is -2.39. The van der Waals surface area contributed by atoms with E-state index in [0.29, 0.717) is 18.9 Å². The highest BCUT2D eigenvalue weighted by Gasteiger charge is 2.22. The van der Waals surface area contributed by atoms with E-state index in [1.807, 2.05) is 11.0 Å². The van der Waals surface area contributed by atoms with Crippen LogP contribution in [0.2, 0.25) is 5.02 Å². The molecule has 26 heavy (non-hydrogen) atoms. The lowest BCUT2D eigenvalue weighted by Gasteiger charge is -2.32. The highest BCUT2D eigenvalue weighted by Crippen LogP contribution is 2.22. The summed E-state index contributed by atoms with van der Waals surface area (Å²) in [6.07, 6.45) is 3.64. The minimum Gasteiger partial charge on any atom is -0.384 e. The second kappa shape index (κ2) is 9.04. The van der Waals surface area contributed by atoms with Crippen molar-refractivity contribution >= 4 is 23.2 Å². The fraction of sp³-hybridized carbons (Fsp3) is 0.381. The number of amides is 1. The van der Waals surface area contributed by atoms with E-state index in [0.717, 1.165) is 38.0 Å². The van der Waals surface area contributed by atoms with Gasteiger partial charge in [0.15, 0.2) is 0 Å². The summed E-state index contributed by atoms with van der Waals surface area (Å²) in [7, 11) is 0. The molecular weight excluding hydrogens is 351 g/mol. The molecule has 0 aromatic heterocycles. The van der Waals surface area contributed by atoms with E-state index in [1.54, 1.807) is 6.07 Å². The zero-order valence-electron chi connectivity index (χ0n) is 14.8. The van der Waals surface area contributed by atoms with Crippen LogP contribution in [-0.4, -0.2) is 30.4 Å². The molecule has 2 aromatic rings. The Morgan fingerprint density at radius 1 is 1.15 bits per heavy atom. The number of carbonyl (C=O) groups excluding carboxylic acids is 1. The summed E-state index contributed by atoms with van der Waals surface area (Å²) >= 11 is 5.76. The summed E-state index contributed by atoms with van der Waals surface area (Å²) in [4.78, 5) is 14.3. The van der Waals surface area contributed by atoms with E-state index < -0.39 is 5.82 Å². The van der Waals surface area contributed by atoms with Gasteiger partial charge in [-0.2, -0.15) is 0 Å². The zero-order chi connectivity index (χ0) is 18.4. The minimum absolute atomic E-state index is 0.0850. The van der Waals surface area contributed by atoms with Crippen LogP contribution >= 0.6 is 11.6 Å². The molecule has 2 aromatic carbocycles. The largest absolute Gasteiger partial charge is 0.384 e. The molecule has 0 radical (unpaired) electrons. The molecule has 0 aliphatic carbocycles. The third kappa shape index (κ3) is 5.21. The quantitative estimate of drug-likeness (QED) is 0.790. The van der Waals surface area contributed by atoms with Crippen molar-refractivity contribution < 1.29 is 9.18 Å². The first kappa shape index (κ1) is 18.7. The number of hydrogen-bond donors (Lipinski definition) is 1. The van der Waals surface area contributed by atoms with Crippen LogP contribution in [-0.2, 0) is 11.2 Å². The van der Waals surface area contributed by atoms with Crippen molar-refractivity contribution in [1.29, 1.82) is 0 Å². The first-order valence-electron chi connectivity index (χ1n) is 9.12. The summed E-state index contributed by atoms with van der Waals surface area (Å²) in [6.45, 7) is 2.18. The molecule has 5 heteroatoms. The Hall–Kier alpha value is -2.07. The van der Waals surface area contributed by atoms with Crippen molar-refractivity contribution in [3.63, 3.8) is 0 Å². The number of halogens is 2. The number of piperidine rings is 1. The van der Waals surface area contributed by atoms with Crippen molar-refractivity contribution in [3.8, 4) is 0 Å². The number of likely N-dealkylation sites (tertiary alicyclic amines) is 1. The topological polar surface area (TPSA) is 32.3 Å². The Bertz CT molecular complexity index is 730. The van der Waals surface area contributed by atoms with E-state index in [1.165, 1.54) is 17.7 Å². The monoisotopic (exact) mass is 374 g/mol. The molecule has 1 fully saturated rings. The van der Waals surface area contributed by atoms with Gasteiger partial charge >= 0.3 is 0 Å². The van der Waals surface area contributed by atoms with Gasteiger partial charge in [0.05, 0.1) is 5.02 Å². The first-order valence-corrected chi connectivity index (χ1v) is 9.50. The summed E-state index contributed by atoms with van der Waals surface area (Å²) in [5.74, 6) is 0.386. The van der Waals surface area contributed by atoms with Gasteiger partial charge in [-0.1, -0.05) is 41.9 Å². The molecule has 138 valence electrons. The van der Waals surface area contributed by atoms with Crippen LogP contribution < -0.4 is 5.32 Å². The number of rotatable bonds is 6. The van der Waals surface area contributed by atoms with Crippen LogP contribution in [0.4, 0.5) is 10.1 Å². The van der Waals surface area contributed by atoms with E-state index in [9.17, 15) is 9.18 Å². The number of carbonyl (C=O) groups is 1. The molecule has 0 bridgehead atoms. The Morgan fingerprint density at radius 2 is 1.88 bits per heavy atom. The van der Waals surface area contributed by atoms with Crippen molar-refractivity contribution in [2.24, 2.45) is 5.92 Å². The van der Waals surface area contributed by atoms with Gasteiger partial charge < -0.3 is 10.2 Å². The molecule has 1 aliphatic rings. The van der Waals surface area contributed by atoms with E-state index in [-0.39, 0.29) is 10.9 Å². The van der Waals surface area contributed by atoms with Gasteiger partial charge in [0.1, 0.15) is 5.82 Å². The van der Waals surface area contributed by atoms with Gasteiger partial charge in [-0.25, -0.2) is 4.39 Å². The Kier molecular flexibility index (Phi) is 6.51. The second-order valence-corrected chi connectivity index (χ2v) is 7.23. The third-order valence-corrected chi connectivity index (χ3v) is 5.21. The van der Waals surface area contributed by atoms with Gasteiger partial charge in [0, 0.05) is 31.7 Å². The molecule has 1 heterocycles. The summed E-state index contributed by atoms with van der Waals surface area (Å²) in [5.41, 5.74) is 2.10. The van der Waals surface area contributed by atoms with Crippen LogP contribution in [0.1, 0.15) is 24.8 Å². The third-order valence-electron chi connectivity index (χ3n) is 4.92. The standard InChI is InChI=1S/C21H24ClFN2O/c22-19-15-18(6-7-20(19)23)24-11-8-21(26)25-12-9-17(10-13-25)14-16-4-2-1-3-5-16/h1-7,15,17,24H,8-14H2. The maximum Gasteiger partial charge on any atom is 0.224 e. The Labute approximate surface area is 159 Å². The number of nitrogens with one attached hydrogen (secondary N) is 1. The highest BCUT2D eigenvalue weighted by molar-refractivity contribution is 6.31. The van der Waals surface area contributed by atoms with Crippen LogP contribution in [0.5, 0.6) is 0 Å². The smallest absolute Gasteiger partial charge is 0.224 e. The summed E-state index contributed by atoms with van der Waals surface area (Å²) < 4.78 is 13.1. The zero-order valence-corrected chi connectivity index (χ0v) is 15.5. The Balaban J connectivity index is 1.38. The van der Waals surface area contributed by atoms with Crippen LogP contribution in [0, 0.1) is 11.7 Å². The molecule has 0 spiro atoms. The summed E-state index contributed by atoms with van der Waals surface area (Å²) in [5, 5.41) is 3.21. The van der Waals surface area contributed by atoms with Crippen molar-refractivity contribution in [2.45, 2.75) is 25.7 Å². The molecule has 0 saturated carbocycles. The second-order valence-electron chi connectivity index (χ2n) is 6.82. The van der Waals surface area contributed by atoms with Crippen molar-refractivity contribution in [2.75, 3.05) is 25.0 Å². The van der Waals surface area contributed by atoms with Crippen LogP contribution in [0.25, 0.3) is 0 Å². The molecule has 1 saturated heterocycles. The Morgan fingerprint density at radius 3 is 2.58 bits per heavy atom. The molecule has 1 amide bonds. The van der Waals surface area contributed by atoms with Crippen molar-refractivity contribution in [1.82, 2.24) is 4.90 Å². The van der Waals surface area contributed by atoms with Gasteiger partial charge in [-0.15, -0.1) is 0 Å². The number of anilines is 1. The average molecular weight is 375 g/mol. The molecule has 3 nitrogen and oxygen atoms in total. The predicted molar refractivity (Wildman–Crippen MR) is 104 cm³/mol. The van der Waals surface area contributed by atoms with Gasteiger partial charge in [-0.05, 0) is 48.9 Å². The maximum atomic E-state index is 13.1. The van der Waals surface area contributed by atoms with E-state index in [2.05, 4.69) is 29.6 Å². The highest BCUT2D eigenvalue weighted by atomic mass is 35.5. The first-order chi connectivity index (χ1) is 12.6. The normalized spacial score (nSPS) is 15.1. The fourth-order valence-electron chi connectivity index (χ4n) is 3.41. The molecule has 3 rings (SSSR count). The average Bonchev–Trinajstić information content (AvgIpc) is 2.66. The van der Waals surface area contributed by atoms with Crippen molar-refractivity contribution in [3.05, 3.63) is 64.9 Å². The molecule has 1 N–H and O–H groups in total. The molecule has 0 unspecified atom stereocenters. The predicted octanol–water partition coefficient (Wildman–Crippen LogP) is 4.76. The molecular formula is C21H24ClFN2O. The number of hydrogen-bond acceptors (Lipinski definition) is 2. The van der Waals surface area contributed by atoms with Gasteiger partial charge in [-0.3, -0.25) is 4.79 Å². The van der Waals surface area contributed by atoms with Gasteiger partial charge in [0.25, 0.3) is 0 Å². The lowest BCUT2D eigenvalue weighted by molar-refractivity contribution is -0.132. The maximum absolute atomic E-state index is 13.1. The molecule has 1 aliphatic heterocycles. The van der Waals surface area contributed by atoms with E-state index >= 15 is 0 Å². The SMILES string of the molecule is O=C(CCNc1ccc(F)c(Cl)c1)N1CCC(Cc2ccccc2)CC1. The number of nitrogens with zero attached hydrogens (tertiary/aromatic N) is 1. The summed E-state index contributed by atoms with van der Waals surface area (Å²) in [6, 6.07) is 15.0.